The van der Waals surface area contributed by atoms with E-state index in [0.29, 0.717) is 54.7 Å². The minimum absolute atomic E-state index is 0.172. The predicted octanol–water partition coefficient (Wildman–Crippen LogP) is 4.27. The van der Waals surface area contributed by atoms with Gasteiger partial charge in [-0.2, -0.15) is 5.26 Å². The fourth-order valence-electron chi connectivity index (χ4n) is 5.09. The summed E-state index contributed by atoms with van der Waals surface area (Å²) in [6.45, 7) is 3.82. The number of fused-ring (bicyclic) bond motifs is 1. The number of carbonyl (C=O) groups excluding carboxylic acids is 1. The molecule has 0 unspecified atom stereocenters. The van der Waals surface area contributed by atoms with E-state index in [1.165, 1.54) is 37.2 Å². The van der Waals surface area contributed by atoms with Gasteiger partial charge in [-0.15, -0.1) is 0 Å². The number of ether oxygens (including phenoxy) is 5. The molecule has 1 aliphatic rings. The molecule has 0 spiro atoms. The first kappa shape index (κ1) is 31.1. The fourth-order valence-corrected chi connectivity index (χ4v) is 6.13. The van der Waals surface area contributed by atoms with Crippen LogP contribution < -0.4 is 33.8 Å². The molecule has 10 nitrogen and oxygen atoms in total. The Morgan fingerprint density at radius 2 is 1.71 bits per heavy atom. The van der Waals surface area contributed by atoms with Crippen LogP contribution >= 0.6 is 11.3 Å². The summed E-state index contributed by atoms with van der Waals surface area (Å²) in [5, 5.41) is 9.38. The van der Waals surface area contributed by atoms with Gasteiger partial charge in [0.15, 0.2) is 27.8 Å². The molecule has 3 aromatic carbocycles. The highest BCUT2D eigenvalue weighted by Gasteiger charge is 2.34. The van der Waals surface area contributed by atoms with Crippen LogP contribution in [0.2, 0.25) is 0 Å². The minimum Gasteiger partial charge on any atom is -0.493 e. The number of hydrogen-bond acceptors (Lipinski definition) is 10. The van der Waals surface area contributed by atoms with E-state index < -0.39 is 12.0 Å². The Bertz CT molecular complexity index is 2020. The van der Waals surface area contributed by atoms with Gasteiger partial charge < -0.3 is 23.7 Å². The lowest BCUT2D eigenvalue weighted by atomic mass is 9.95. The summed E-state index contributed by atoms with van der Waals surface area (Å²) in [5.41, 5.74) is 3.04. The summed E-state index contributed by atoms with van der Waals surface area (Å²) in [6, 6.07) is 19.2. The van der Waals surface area contributed by atoms with Gasteiger partial charge in [0, 0.05) is 5.56 Å². The first-order valence-electron chi connectivity index (χ1n) is 14.0. The number of aromatic nitrogens is 1. The van der Waals surface area contributed by atoms with Crippen LogP contribution in [0.15, 0.2) is 81.7 Å². The van der Waals surface area contributed by atoms with Gasteiger partial charge in [-0.1, -0.05) is 41.7 Å². The second-order valence-electron chi connectivity index (χ2n) is 9.88. The Labute approximate surface area is 263 Å². The van der Waals surface area contributed by atoms with Crippen LogP contribution in [0.1, 0.15) is 42.1 Å². The van der Waals surface area contributed by atoms with Crippen LogP contribution in [0.4, 0.5) is 0 Å². The van der Waals surface area contributed by atoms with Gasteiger partial charge in [-0.05, 0) is 61.4 Å². The zero-order valence-corrected chi connectivity index (χ0v) is 26.3. The van der Waals surface area contributed by atoms with Crippen LogP contribution in [0.5, 0.6) is 23.0 Å². The molecule has 1 aliphatic heterocycles. The van der Waals surface area contributed by atoms with Crippen molar-refractivity contribution in [2.45, 2.75) is 26.5 Å². The van der Waals surface area contributed by atoms with E-state index in [1.54, 1.807) is 62.4 Å². The molecule has 0 N–H and O–H groups in total. The maximum Gasteiger partial charge on any atom is 0.338 e. The number of nitriles is 1. The van der Waals surface area contributed by atoms with Gasteiger partial charge in [0.1, 0.15) is 6.61 Å². The largest absolute Gasteiger partial charge is 0.493 e. The second kappa shape index (κ2) is 13.5. The third-order valence-corrected chi connectivity index (χ3v) is 8.23. The molecule has 1 aromatic heterocycles. The Balaban J connectivity index is 1.57. The lowest BCUT2D eigenvalue weighted by Gasteiger charge is -2.25. The molecule has 5 rings (SSSR count). The van der Waals surface area contributed by atoms with Crippen molar-refractivity contribution in [3.63, 3.8) is 0 Å². The highest BCUT2D eigenvalue weighted by molar-refractivity contribution is 7.07. The van der Waals surface area contributed by atoms with Gasteiger partial charge in [0.05, 0.1) is 61.4 Å². The molecule has 1 atom stereocenters. The zero-order chi connectivity index (χ0) is 32.1. The van der Waals surface area contributed by atoms with Gasteiger partial charge in [-0.3, -0.25) is 9.36 Å². The number of benzene rings is 3. The van der Waals surface area contributed by atoms with Crippen molar-refractivity contribution in [2.24, 2.45) is 4.99 Å². The molecular weight excluding hydrogens is 594 g/mol. The average Bonchev–Trinajstić information content (AvgIpc) is 3.36. The summed E-state index contributed by atoms with van der Waals surface area (Å²) in [6.07, 6.45) is 1.75. The Morgan fingerprint density at radius 1 is 1.00 bits per heavy atom. The Morgan fingerprint density at radius 3 is 2.42 bits per heavy atom. The van der Waals surface area contributed by atoms with Crippen molar-refractivity contribution in [2.75, 3.05) is 27.9 Å². The lowest BCUT2D eigenvalue weighted by molar-refractivity contribution is -0.139. The summed E-state index contributed by atoms with van der Waals surface area (Å²) in [5.74, 6) is 1.38. The van der Waals surface area contributed by atoms with Crippen molar-refractivity contribution in [1.82, 2.24) is 4.57 Å². The lowest BCUT2D eigenvalue weighted by Crippen LogP contribution is -2.39. The van der Waals surface area contributed by atoms with Crippen molar-refractivity contribution < 1.29 is 28.5 Å². The van der Waals surface area contributed by atoms with Crippen molar-refractivity contribution in [3.05, 3.63) is 114 Å². The molecule has 0 saturated carbocycles. The van der Waals surface area contributed by atoms with E-state index in [2.05, 4.69) is 11.1 Å². The zero-order valence-electron chi connectivity index (χ0n) is 25.5. The van der Waals surface area contributed by atoms with Crippen LogP contribution in [-0.4, -0.2) is 38.5 Å². The number of allylic oxidation sites excluding steroid dienone is 1. The Kier molecular flexibility index (Phi) is 9.35. The molecule has 0 fully saturated rings. The maximum atomic E-state index is 14.0. The van der Waals surface area contributed by atoms with E-state index in [9.17, 15) is 14.9 Å². The normalized spacial score (nSPS) is 14.2. The molecule has 0 bridgehead atoms. The summed E-state index contributed by atoms with van der Waals surface area (Å²) in [4.78, 5) is 32.3. The molecule has 0 radical (unpaired) electrons. The van der Waals surface area contributed by atoms with Crippen molar-refractivity contribution in [3.8, 4) is 29.1 Å². The van der Waals surface area contributed by atoms with E-state index in [4.69, 9.17) is 23.7 Å². The van der Waals surface area contributed by atoms with Gasteiger partial charge >= 0.3 is 5.97 Å². The van der Waals surface area contributed by atoms with Crippen molar-refractivity contribution in [1.29, 1.82) is 5.26 Å². The van der Waals surface area contributed by atoms with Crippen LogP contribution in [0.25, 0.3) is 6.08 Å². The molecule has 2 heterocycles. The smallest absolute Gasteiger partial charge is 0.338 e. The maximum absolute atomic E-state index is 14.0. The van der Waals surface area contributed by atoms with Gasteiger partial charge in [0.25, 0.3) is 5.56 Å². The summed E-state index contributed by atoms with van der Waals surface area (Å²) < 4.78 is 29.8. The van der Waals surface area contributed by atoms with Crippen molar-refractivity contribution >= 4 is 23.4 Å². The molecule has 0 saturated heterocycles. The molecule has 0 amide bonds. The first-order chi connectivity index (χ1) is 21.8. The van der Waals surface area contributed by atoms with Crippen LogP contribution in [-0.2, 0) is 16.1 Å². The second-order valence-corrected chi connectivity index (χ2v) is 10.9. The Hall–Kier alpha value is -5.34. The number of methoxy groups -OCH3 is 3. The molecular formula is C34H31N3O7S. The molecule has 230 valence electrons. The predicted molar refractivity (Wildman–Crippen MR) is 168 cm³/mol. The first-order valence-corrected chi connectivity index (χ1v) is 14.9. The number of nitrogens with zero attached hydrogens (tertiary/aromatic N) is 3. The quantitative estimate of drug-likeness (QED) is 0.240. The molecule has 45 heavy (non-hydrogen) atoms. The van der Waals surface area contributed by atoms with E-state index >= 15 is 0 Å². The topological polar surface area (TPSA) is 121 Å². The summed E-state index contributed by atoms with van der Waals surface area (Å²) >= 11 is 1.22. The monoisotopic (exact) mass is 625 g/mol. The SMILES string of the molecule is CCOC(=O)C1=C(C)N=c2s/c(=C/c3ccc(OCc4ccccc4C#N)c(OC)c3)c(=O)n2[C@@H]1c1ccc(OC)c(OC)c1. The average molecular weight is 626 g/mol. The number of hydrogen-bond donors (Lipinski definition) is 0. The van der Waals surface area contributed by atoms with E-state index in [1.807, 2.05) is 18.2 Å². The molecule has 4 aromatic rings. The van der Waals surface area contributed by atoms with Crippen LogP contribution in [0.3, 0.4) is 0 Å². The number of esters is 1. The number of rotatable bonds is 10. The fraction of sp³-hybridized carbons (Fsp3) is 0.235. The van der Waals surface area contributed by atoms with Gasteiger partial charge in [-0.25, -0.2) is 9.79 Å². The number of carbonyl (C=O) groups is 1. The molecule has 11 heteroatoms. The van der Waals surface area contributed by atoms with Gasteiger partial charge in [0.2, 0.25) is 0 Å². The van der Waals surface area contributed by atoms with Crippen LogP contribution in [0, 0.1) is 11.3 Å². The standard InChI is InChI=1S/C34H31N3O7S/c1-6-43-33(39)30-20(2)36-34-37(31(30)22-12-14-25(40-3)28(17-22)42-5)32(38)29(45-34)16-21-11-13-26(27(15-21)41-4)44-19-24-10-8-7-9-23(24)18-35/h7-17,31H,6,19H2,1-5H3/b29-16+/t31-/m1/s1. The minimum atomic E-state index is -0.802. The van der Waals surface area contributed by atoms with E-state index in [0.717, 1.165) is 5.56 Å². The highest BCUT2D eigenvalue weighted by atomic mass is 32.1. The van der Waals surface area contributed by atoms with E-state index in [-0.39, 0.29) is 24.3 Å². The molecule has 0 aliphatic carbocycles. The third kappa shape index (κ3) is 6.18. The third-order valence-electron chi connectivity index (χ3n) is 7.25. The number of thiazole rings is 1. The highest BCUT2D eigenvalue weighted by Crippen LogP contribution is 2.36. The summed E-state index contributed by atoms with van der Waals surface area (Å²) in [7, 11) is 4.60.